The number of benzene rings is 2. The van der Waals surface area contributed by atoms with Crippen LogP contribution < -0.4 is 4.90 Å². The Morgan fingerprint density at radius 3 is 2.40 bits per heavy atom. The number of halogens is 1. The van der Waals surface area contributed by atoms with E-state index in [0.29, 0.717) is 10.6 Å². The molecule has 0 aliphatic rings. The lowest BCUT2D eigenvalue weighted by Gasteiger charge is -2.11. The van der Waals surface area contributed by atoms with Crippen molar-refractivity contribution in [1.82, 2.24) is 0 Å². The summed E-state index contributed by atoms with van der Waals surface area (Å²) >= 11 is 5.96. The Hall–Kier alpha value is -2.24. The summed E-state index contributed by atoms with van der Waals surface area (Å²) in [5.74, 6) is 0. The van der Waals surface area contributed by atoms with Gasteiger partial charge in [0.25, 0.3) is 0 Å². The first-order valence-electron chi connectivity index (χ1n) is 6.25. The fourth-order valence-electron chi connectivity index (χ4n) is 1.87. The Bertz CT molecular complexity index is 664. The summed E-state index contributed by atoms with van der Waals surface area (Å²) in [5, 5.41) is 9.94. The third-order valence-corrected chi connectivity index (χ3v) is 3.21. The van der Waals surface area contributed by atoms with Gasteiger partial charge in [0.05, 0.1) is 11.6 Å². The molecule has 20 heavy (non-hydrogen) atoms. The quantitative estimate of drug-likeness (QED) is 0.613. The van der Waals surface area contributed by atoms with Gasteiger partial charge in [-0.1, -0.05) is 35.9 Å². The summed E-state index contributed by atoms with van der Waals surface area (Å²) < 4.78 is 0. The lowest BCUT2D eigenvalue weighted by atomic mass is 10.0. The molecule has 0 aromatic heterocycles. The standard InChI is InChI=1S/C17H15ClN2/c1-20(2)17-8-6-13(7-9-17)10-15(12-19)14-4-3-5-16(18)11-14/h3-11H,1-2H3/b15-10+. The van der Waals surface area contributed by atoms with Gasteiger partial charge in [0.15, 0.2) is 0 Å². The first kappa shape index (κ1) is 14.2. The second-order valence-corrected chi connectivity index (χ2v) is 5.10. The van der Waals surface area contributed by atoms with Gasteiger partial charge in [0.1, 0.15) is 0 Å². The molecule has 0 atom stereocenters. The number of nitriles is 1. The fourth-order valence-corrected chi connectivity index (χ4v) is 2.06. The second kappa shape index (κ2) is 6.27. The molecule has 0 unspecified atom stereocenters. The van der Waals surface area contributed by atoms with Crippen LogP contribution in [0.15, 0.2) is 48.5 Å². The van der Waals surface area contributed by atoms with Crippen LogP contribution in [-0.4, -0.2) is 14.1 Å². The Balaban J connectivity index is 2.34. The van der Waals surface area contributed by atoms with Crippen molar-refractivity contribution >= 4 is 28.9 Å². The molecule has 0 amide bonds. The van der Waals surface area contributed by atoms with Crippen molar-refractivity contribution in [2.45, 2.75) is 0 Å². The van der Waals surface area contributed by atoms with E-state index < -0.39 is 0 Å². The molecular formula is C17H15ClN2. The van der Waals surface area contributed by atoms with Crippen molar-refractivity contribution in [3.8, 4) is 6.07 Å². The zero-order valence-corrected chi connectivity index (χ0v) is 12.2. The van der Waals surface area contributed by atoms with E-state index >= 15 is 0 Å². The van der Waals surface area contributed by atoms with E-state index in [1.54, 1.807) is 12.1 Å². The van der Waals surface area contributed by atoms with Crippen molar-refractivity contribution < 1.29 is 0 Å². The van der Waals surface area contributed by atoms with Gasteiger partial charge in [0, 0.05) is 24.8 Å². The molecule has 2 aromatic carbocycles. The first-order valence-corrected chi connectivity index (χ1v) is 6.63. The Kier molecular flexibility index (Phi) is 4.45. The number of hydrogen-bond acceptors (Lipinski definition) is 2. The lowest BCUT2D eigenvalue weighted by molar-refractivity contribution is 1.13. The highest BCUT2D eigenvalue weighted by Crippen LogP contribution is 2.22. The van der Waals surface area contributed by atoms with Gasteiger partial charge in [0.2, 0.25) is 0 Å². The van der Waals surface area contributed by atoms with Crippen molar-refractivity contribution in [3.63, 3.8) is 0 Å². The van der Waals surface area contributed by atoms with Crippen LogP contribution in [0.25, 0.3) is 11.6 Å². The van der Waals surface area contributed by atoms with E-state index in [4.69, 9.17) is 11.6 Å². The molecule has 2 nitrogen and oxygen atoms in total. The summed E-state index contributed by atoms with van der Waals surface area (Å²) in [6, 6.07) is 17.6. The molecule has 0 heterocycles. The molecule has 0 saturated carbocycles. The van der Waals surface area contributed by atoms with Gasteiger partial charge in [-0.25, -0.2) is 0 Å². The van der Waals surface area contributed by atoms with Crippen molar-refractivity contribution in [2.75, 3.05) is 19.0 Å². The van der Waals surface area contributed by atoms with Gasteiger partial charge >= 0.3 is 0 Å². The molecule has 0 bridgehead atoms. The zero-order valence-electron chi connectivity index (χ0n) is 11.5. The number of hydrogen-bond donors (Lipinski definition) is 0. The van der Waals surface area contributed by atoms with Crippen LogP contribution in [0.4, 0.5) is 5.69 Å². The molecule has 0 saturated heterocycles. The minimum Gasteiger partial charge on any atom is -0.378 e. The summed E-state index contributed by atoms with van der Waals surface area (Å²) in [6.07, 6.45) is 1.87. The van der Waals surface area contributed by atoms with E-state index in [1.165, 1.54) is 0 Å². The lowest BCUT2D eigenvalue weighted by Crippen LogP contribution is -2.07. The zero-order chi connectivity index (χ0) is 14.5. The second-order valence-electron chi connectivity index (χ2n) is 4.67. The maximum atomic E-state index is 9.30. The predicted octanol–water partition coefficient (Wildman–Crippen LogP) is 4.47. The van der Waals surface area contributed by atoms with Gasteiger partial charge in [-0.15, -0.1) is 0 Å². The maximum absolute atomic E-state index is 9.30. The predicted molar refractivity (Wildman–Crippen MR) is 85.7 cm³/mol. The first-order chi connectivity index (χ1) is 9.60. The monoisotopic (exact) mass is 282 g/mol. The Morgan fingerprint density at radius 1 is 1.15 bits per heavy atom. The van der Waals surface area contributed by atoms with E-state index in [9.17, 15) is 5.26 Å². The van der Waals surface area contributed by atoms with E-state index in [-0.39, 0.29) is 0 Å². The number of nitrogens with zero attached hydrogens (tertiary/aromatic N) is 2. The summed E-state index contributed by atoms with van der Waals surface area (Å²) in [5.41, 5.74) is 3.55. The van der Waals surface area contributed by atoms with E-state index in [1.807, 2.05) is 61.5 Å². The van der Waals surface area contributed by atoms with Crippen LogP contribution >= 0.6 is 11.6 Å². The van der Waals surface area contributed by atoms with E-state index in [2.05, 4.69) is 6.07 Å². The third-order valence-electron chi connectivity index (χ3n) is 2.98. The SMILES string of the molecule is CN(C)c1ccc(/C=C(\C#N)c2cccc(Cl)c2)cc1. The van der Waals surface area contributed by atoms with Crippen molar-refractivity contribution in [2.24, 2.45) is 0 Å². The summed E-state index contributed by atoms with van der Waals surface area (Å²) in [4.78, 5) is 2.04. The Morgan fingerprint density at radius 2 is 1.85 bits per heavy atom. The van der Waals surface area contributed by atoms with Crippen molar-refractivity contribution in [1.29, 1.82) is 5.26 Å². The van der Waals surface area contributed by atoms with Crippen molar-refractivity contribution in [3.05, 3.63) is 64.7 Å². The van der Waals surface area contributed by atoms with Crippen LogP contribution in [0.2, 0.25) is 5.02 Å². The molecule has 0 aliphatic heterocycles. The molecule has 0 radical (unpaired) electrons. The van der Waals surface area contributed by atoms with Gasteiger partial charge in [-0.2, -0.15) is 5.26 Å². The van der Waals surface area contributed by atoms with Gasteiger partial charge in [-0.05, 0) is 41.5 Å². The summed E-state index contributed by atoms with van der Waals surface area (Å²) in [7, 11) is 4.00. The Labute approximate surface area is 124 Å². The highest BCUT2D eigenvalue weighted by molar-refractivity contribution is 6.30. The van der Waals surface area contributed by atoms with Gasteiger partial charge in [-0.3, -0.25) is 0 Å². The molecule has 2 rings (SSSR count). The molecular weight excluding hydrogens is 268 g/mol. The highest BCUT2D eigenvalue weighted by atomic mass is 35.5. The third kappa shape index (κ3) is 3.40. The molecule has 0 aliphatic carbocycles. The number of anilines is 1. The molecule has 3 heteroatoms. The van der Waals surface area contributed by atoms with Gasteiger partial charge < -0.3 is 4.90 Å². The fraction of sp³-hybridized carbons (Fsp3) is 0.118. The molecule has 0 spiro atoms. The average Bonchev–Trinajstić information content (AvgIpc) is 2.45. The average molecular weight is 283 g/mol. The van der Waals surface area contributed by atoms with Crippen LogP contribution in [0.5, 0.6) is 0 Å². The minimum atomic E-state index is 0.602. The van der Waals surface area contributed by atoms with Crippen LogP contribution in [0, 0.1) is 11.3 Å². The van der Waals surface area contributed by atoms with Crippen LogP contribution in [-0.2, 0) is 0 Å². The molecule has 100 valence electrons. The topological polar surface area (TPSA) is 27.0 Å². The number of rotatable bonds is 3. The smallest absolute Gasteiger partial charge is 0.0998 e. The maximum Gasteiger partial charge on any atom is 0.0998 e. The minimum absolute atomic E-state index is 0.602. The number of allylic oxidation sites excluding steroid dienone is 1. The molecule has 0 fully saturated rings. The normalized spacial score (nSPS) is 11.0. The molecule has 2 aromatic rings. The highest BCUT2D eigenvalue weighted by Gasteiger charge is 2.02. The molecule has 0 N–H and O–H groups in total. The van der Waals surface area contributed by atoms with Crippen LogP contribution in [0.3, 0.4) is 0 Å². The summed E-state index contributed by atoms with van der Waals surface area (Å²) in [6.45, 7) is 0. The van der Waals surface area contributed by atoms with Crippen LogP contribution in [0.1, 0.15) is 11.1 Å². The van der Waals surface area contributed by atoms with E-state index in [0.717, 1.165) is 16.8 Å². The largest absolute Gasteiger partial charge is 0.378 e.